The number of carbonyl (C=O) groups excluding carboxylic acids is 1. The third kappa shape index (κ3) is 3.84. The quantitative estimate of drug-likeness (QED) is 0.633. The smallest absolute Gasteiger partial charge is 0.436 e. The summed E-state index contributed by atoms with van der Waals surface area (Å²) in [5, 5.41) is 0. The first-order valence-corrected chi connectivity index (χ1v) is 5.37. The molecule has 0 aromatic carbocycles. The number of ether oxygens (including phenoxy) is 1. The van der Waals surface area contributed by atoms with Crippen LogP contribution >= 0.6 is 0 Å². The van der Waals surface area contributed by atoms with Gasteiger partial charge in [0, 0.05) is 0 Å². The zero-order valence-corrected chi connectivity index (χ0v) is 10.1. The highest BCUT2D eigenvalue weighted by Gasteiger charge is 2.39. The Hall–Kier alpha value is -1.80. The second-order valence-electron chi connectivity index (χ2n) is 3.65. The van der Waals surface area contributed by atoms with Crippen LogP contribution in [-0.2, 0) is 22.1 Å². The third-order valence-electron chi connectivity index (χ3n) is 2.17. The standard InChI is InChI=1S/C11H9F6NO2/c1-2-20-7(19)4-5-3-6(10(13)14)8(12)9(18-5)11(15,16)17/h3,10H,2,4H2,1H3. The summed E-state index contributed by atoms with van der Waals surface area (Å²) in [6.45, 7) is 1.43. The molecule has 20 heavy (non-hydrogen) atoms. The van der Waals surface area contributed by atoms with Gasteiger partial charge in [0.15, 0.2) is 11.5 Å². The van der Waals surface area contributed by atoms with Gasteiger partial charge in [0.2, 0.25) is 0 Å². The predicted octanol–water partition coefficient (Wildman–Crippen LogP) is 3.28. The molecule has 0 fully saturated rings. The molecular weight excluding hydrogens is 292 g/mol. The molecule has 0 unspecified atom stereocenters. The summed E-state index contributed by atoms with van der Waals surface area (Å²) in [6, 6.07) is 0.423. The molecule has 1 aromatic heterocycles. The molecule has 0 spiro atoms. The first kappa shape index (κ1) is 16.3. The molecule has 0 N–H and O–H groups in total. The normalized spacial score (nSPS) is 11.8. The fourth-order valence-corrected chi connectivity index (χ4v) is 1.40. The Kier molecular flexibility index (Phi) is 4.96. The molecule has 0 bridgehead atoms. The topological polar surface area (TPSA) is 39.2 Å². The lowest BCUT2D eigenvalue weighted by Crippen LogP contribution is -2.17. The molecule has 9 heteroatoms. The average Bonchev–Trinajstić information content (AvgIpc) is 2.29. The Balaban J connectivity index is 3.26. The average molecular weight is 301 g/mol. The number of alkyl halides is 5. The number of nitrogens with zero attached hydrogens (tertiary/aromatic N) is 1. The second-order valence-corrected chi connectivity index (χ2v) is 3.65. The summed E-state index contributed by atoms with van der Waals surface area (Å²) >= 11 is 0. The fourth-order valence-electron chi connectivity index (χ4n) is 1.40. The SMILES string of the molecule is CCOC(=O)Cc1cc(C(F)F)c(F)c(C(F)(F)F)n1. The van der Waals surface area contributed by atoms with Crippen LogP contribution in [0.15, 0.2) is 6.07 Å². The van der Waals surface area contributed by atoms with Gasteiger partial charge in [-0.3, -0.25) is 4.79 Å². The van der Waals surface area contributed by atoms with Gasteiger partial charge in [-0.2, -0.15) is 13.2 Å². The van der Waals surface area contributed by atoms with Gasteiger partial charge in [-0.05, 0) is 13.0 Å². The molecule has 3 nitrogen and oxygen atoms in total. The monoisotopic (exact) mass is 301 g/mol. The Bertz CT molecular complexity index is 500. The van der Waals surface area contributed by atoms with Crippen LogP contribution in [0.25, 0.3) is 0 Å². The summed E-state index contributed by atoms with van der Waals surface area (Å²) in [6.07, 6.45) is -9.45. The summed E-state index contributed by atoms with van der Waals surface area (Å²) in [5.74, 6) is -3.08. The minimum absolute atomic E-state index is 0.0339. The van der Waals surface area contributed by atoms with Crippen molar-refractivity contribution >= 4 is 5.97 Å². The van der Waals surface area contributed by atoms with E-state index in [0.29, 0.717) is 6.07 Å². The molecule has 1 rings (SSSR count). The van der Waals surface area contributed by atoms with E-state index in [1.807, 2.05) is 0 Å². The first-order chi connectivity index (χ1) is 9.16. The second kappa shape index (κ2) is 6.10. The molecular formula is C11H9F6NO2. The van der Waals surface area contributed by atoms with E-state index >= 15 is 0 Å². The Labute approximate surface area is 109 Å². The maximum absolute atomic E-state index is 13.3. The minimum atomic E-state index is -5.24. The van der Waals surface area contributed by atoms with Crippen LogP contribution in [0.1, 0.15) is 30.3 Å². The molecule has 0 aliphatic heterocycles. The largest absolute Gasteiger partial charge is 0.466 e. The van der Waals surface area contributed by atoms with Crippen LogP contribution < -0.4 is 0 Å². The number of pyridine rings is 1. The van der Waals surface area contributed by atoms with Crippen molar-refractivity contribution < 1.29 is 35.9 Å². The third-order valence-corrected chi connectivity index (χ3v) is 2.17. The number of halogens is 6. The van der Waals surface area contributed by atoms with Crippen molar-refractivity contribution in [3.05, 3.63) is 28.8 Å². The van der Waals surface area contributed by atoms with E-state index in [2.05, 4.69) is 9.72 Å². The van der Waals surface area contributed by atoms with Crippen molar-refractivity contribution in [1.82, 2.24) is 4.98 Å². The molecule has 1 heterocycles. The zero-order valence-electron chi connectivity index (χ0n) is 10.1. The van der Waals surface area contributed by atoms with Gasteiger partial charge in [-0.15, -0.1) is 0 Å². The maximum Gasteiger partial charge on any atom is 0.436 e. The van der Waals surface area contributed by atoms with Gasteiger partial charge in [0.25, 0.3) is 6.43 Å². The van der Waals surface area contributed by atoms with Crippen molar-refractivity contribution in [2.75, 3.05) is 6.61 Å². The number of aromatic nitrogens is 1. The molecule has 0 aliphatic carbocycles. The fraction of sp³-hybridized carbons (Fsp3) is 0.455. The van der Waals surface area contributed by atoms with E-state index in [0.717, 1.165) is 0 Å². The van der Waals surface area contributed by atoms with E-state index in [1.54, 1.807) is 0 Å². The predicted molar refractivity (Wildman–Crippen MR) is 54.5 cm³/mol. The lowest BCUT2D eigenvalue weighted by Gasteiger charge is -2.12. The van der Waals surface area contributed by atoms with E-state index in [9.17, 15) is 31.1 Å². The van der Waals surface area contributed by atoms with Gasteiger partial charge >= 0.3 is 12.1 Å². The van der Waals surface area contributed by atoms with Crippen molar-refractivity contribution in [3.8, 4) is 0 Å². The van der Waals surface area contributed by atoms with Crippen molar-refractivity contribution in [3.63, 3.8) is 0 Å². The van der Waals surface area contributed by atoms with E-state index < -0.39 is 47.8 Å². The van der Waals surface area contributed by atoms with Gasteiger partial charge in [0.05, 0.1) is 24.3 Å². The number of esters is 1. The summed E-state index contributed by atoms with van der Waals surface area (Å²) in [5.41, 5.74) is -4.16. The molecule has 0 saturated heterocycles. The highest BCUT2D eigenvalue weighted by molar-refractivity contribution is 5.72. The van der Waals surface area contributed by atoms with Crippen LogP contribution in [0, 0.1) is 5.82 Å². The highest BCUT2D eigenvalue weighted by atomic mass is 19.4. The number of hydrogen-bond acceptors (Lipinski definition) is 3. The molecule has 0 saturated carbocycles. The maximum atomic E-state index is 13.3. The number of hydrogen-bond donors (Lipinski definition) is 0. The van der Waals surface area contributed by atoms with Gasteiger partial charge in [0.1, 0.15) is 0 Å². The lowest BCUT2D eigenvalue weighted by molar-refractivity contribution is -0.145. The van der Waals surface area contributed by atoms with Gasteiger partial charge in [-0.25, -0.2) is 18.2 Å². The molecule has 0 atom stereocenters. The Morgan fingerprint density at radius 1 is 1.40 bits per heavy atom. The van der Waals surface area contributed by atoms with Gasteiger partial charge < -0.3 is 4.74 Å². The number of carbonyl (C=O) groups is 1. The Morgan fingerprint density at radius 3 is 2.45 bits per heavy atom. The van der Waals surface area contributed by atoms with Gasteiger partial charge in [-0.1, -0.05) is 0 Å². The minimum Gasteiger partial charge on any atom is -0.466 e. The Morgan fingerprint density at radius 2 is 2.00 bits per heavy atom. The lowest BCUT2D eigenvalue weighted by atomic mass is 10.1. The molecule has 1 aromatic rings. The van der Waals surface area contributed by atoms with Crippen LogP contribution in [-0.4, -0.2) is 17.6 Å². The van der Waals surface area contributed by atoms with Crippen LogP contribution in [0.5, 0.6) is 0 Å². The first-order valence-electron chi connectivity index (χ1n) is 5.37. The van der Waals surface area contributed by atoms with E-state index in [4.69, 9.17) is 0 Å². The molecule has 0 aliphatic rings. The number of rotatable bonds is 4. The molecule has 0 amide bonds. The van der Waals surface area contributed by atoms with Crippen LogP contribution in [0.2, 0.25) is 0 Å². The summed E-state index contributed by atoms with van der Waals surface area (Å²) in [4.78, 5) is 14.0. The molecule has 0 radical (unpaired) electrons. The molecule has 112 valence electrons. The van der Waals surface area contributed by atoms with Crippen LogP contribution in [0.4, 0.5) is 26.3 Å². The van der Waals surface area contributed by atoms with Crippen molar-refractivity contribution in [2.24, 2.45) is 0 Å². The van der Waals surface area contributed by atoms with Crippen molar-refractivity contribution in [1.29, 1.82) is 0 Å². The highest BCUT2D eigenvalue weighted by Crippen LogP contribution is 2.34. The van der Waals surface area contributed by atoms with Crippen molar-refractivity contribution in [2.45, 2.75) is 25.9 Å². The zero-order chi connectivity index (χ0) is 15.5. The van der Waals surface area contributed by atoms with Crippen LogP contribution in [0.3, 0.4) is 0 Å². The van der Waals surface area contributed by atoms with E-state index in [1.165, 1.54) is 6.92 Å². The van der Waals surface area contributed by atoms with E-state index in [-0.39, 0.29) is 6.61 Å². The summed E-state index contributed by atoms with van der Waals surface area (Å²) in [7, 11) is 0. The summed E-state index contributed by atoms with van der Waals surface area (Å²) < 4.78 is 80.3.